The molecule has 17 heavy (non-hydrogen) atoms. The summed E-state index contributed by atoms with van der Waals surface area (Å²) in [5.41, 5.74) is 9.10. The topological polar surface area (TPSA) is 44.5 Å². The molecular weight excluding hydrogens is 214 g/mol. The molecule has 1 aromatic rings. The summed E-state index contributed by atoms with van der Waals surface area (Å²) in [7, 11) is 0. The molecule has 1 aromatic carbocycles. The van der Waals surface area contributed by atoms with Gasteiger partial charge < -0.3 is 15.2 Å². The summed E-state index contributed by atoms with van der Waals surface area (Å²) in [5.74, 6) is 0.985. The van der Waals surface area contributed by atoms with Crippen molar-refractivity contribution in [3.05, 3.63) is 28.8 Å². The van der Waals surface area contributed by atoms with E-state index in [0.717, 1.165) is 42.1 Å². The quantitative estimate of drug-likeness (QED) is 0.741. The van der Waals surface area contributed by atoms with Crippen molar-refractivity contribution < 1.29 is 9.47 Å². The average Bonchev–Trinajstić information content (AvgIpc) is 2.31. The summed E-state index contributed by atoms with van der Waals surface area (Å²) >= 11 is 0. The maximum atomic E-state index is 5.79. The van der Waals surface area contributed by atoms with E-state index >= 15 is 0 Å². The molecule has 1 rings (SSSR count). The third-order valence-electron chi connectivity index (χ3n) is 2.64. The van der Waals surface area contributed by atoms with Gasteiger partial charge in [0.05, 0.1) is 6.61 Å². The molecule has 3 heteroatoms. The molecule has 0 aliphatic rings. The van der Waals surface area contributed by atoms with Crippen molar-refractivity contribution in [3.8, 4) is 5.75 Å². The fraction of sp³-hybridized carbons (Fsp3) is 0.571. The zero-order chi connectivity index (χ0) is 12.7. The van der Waals surface area contributed by atoms with Crippen LogP contribution in [0, 0.1) is 13.8 Å². The van der Waals surface area contributed by atoms with Gasteiger partial charge in [0.15, 0.2) is 0 Å². The van der Waals surface area contributed by atoms with Crippen LogP contribution in [0.25, 0.3) is 0 Å². The van der Waals surface area contributed by atoms with Crippen LogP contribution in [-0.4, -0.2) is 19.8 Å². The lowest BCUT2D eigenvalue weighted by Gasteiger charge is -2.13. The Labute approximate surface area is 104 Å². The maximum absolute atomic E-state index is 5.79. The van der Waals surface area contributed by atoms with Crippen LogP contribution in [0.15, 0.2) is 12.1 Å². The van der Waals surface area contributed by atoms with Crippen LogP contribution in [0.1, 0.15) is 30.0 Å². The lowest BCUT2D eigenvalue weighted by atomic mass is 10.1. The van der Waals surface area contributed by atoms with Crippen molar-refractivity contribution in [1.29, 1.82) is 0 Å². The standard InChI is InChI=1S/C14H23NO2/c1-4-16-6-5-7-17-14-11(2)8-13(10-15)9-12(14)3/h8-9H,4-7,10,15H2,1-3H3. The van der Waals surface area contributed by atoms with Crippen LogP contribution in [0.3, 0.4) is 0 Å². The molecule has 0 fully saturated rings. The summed E-state index contributed by atoms with van der Waals surface area (Å²) in [6.07, 6.45) is 0.922. The Morgan fingerprint density at radius 1 is 1.12 bits per heavy atom. The van der Waals surface area contributed by atoms with Crippen LogP contribution < -0.4 is 10.5 Å². The summed E-state index contributed by atoms with van der Waals surface area (Å²) in [6.45, 7) is 8.92. The monoisotopic (exact) mass is 237 g/mol. The molecule has 0 unspecified atom stereocenters. The van der Waals surface area contributed by atoms with E-state index in [9.17, 15) is 0 Å². The molecule has 3 nitrogen and oxygen atoms in total. The van der Waals surface area contributed by atoms with Crippen molar-refractivity contribution in [3.63, 3.8) is 0 Å². The molecule has 0 amide bonds. The van der Waals surface area contributed by atoms with Gasteiger partial charge in [0.25, 0.3) is 0 Å². The molecule has 0 aromatic heterocycles. The van der Waals surface area contributed by atoms with E-state index in [1.165, 1.54) is 0 Å². The van der Waals surface area contributed by atoms with Crippen LogP contribution in [-0.2, 0) is 11.3 Å². The molecule has 2 N–H and O–H groups in total. The van der Waals surface area contributed by atoms with Gasteiger partial charge in [0.1, 0.15) is 5.75 Å². The number of aryl methyl sites for hydroxylation is 2. The number of hydrogen-bond donors (Lipinski definition) is 1. The zero-order valence-corrected chi connectivity index (χ0v) is 11.1. The van der Waals surface area contributed by atoms with Gasteiger partial charge >= 0.3 is 0 Å². The van der Waals surface area contributed by atoms with Gasteiger partial charge in [0.2, 0.25) is 0 Å². The van der Waals surface area contributed by atoms with E-state index in [0.29, 0.717) is 13.2 Å². The van der Waals surface area contributed by atoms with Gasteiger partial charge in [-0.3, -0.25) is 0 Å². The molecule has 0 saturated heterocycles. The first-order valence-corrected chi connectivity index (χ1v) is 6.19. The number of rotatable bonds is 7. The Hall–Kier alpha value is -1.06. The second-order valence-electron chi connectivity index (χ2n) is 4.16. The molecule has 0 bridgehead atoms. The van der Waals surface area contributed by atoms with E-state index in [1.807, 2.05) is 6.92 Å². The molecule has 0 aliphatic carbocycles. The molecule has 96 valence electrons. The molecule has 0 atom stereocenters. The van der Waals surface area contributed by atoms with E-state index in [2.05, 4.69) is 26.0 Å². The van der Waals surface area contributed by atoms with Crippen molar-refractivity contribution in [1.82, 2.24) is 0 Å². The summed E-state index contributed by atoms with van der Waals surface area (Å²) in [6, 6.07) is 4.18. The second kappa shape index (κ2) is 7.30. The van der Waals surface area contributed by atoms with Crippen LogP contribution in [0.2, 0.25) is 0 Å². The fourth-order valence-corrected chi connectivity index (χ4v) is 1.87. The molecule has 0 heterocycles. The fourth-order valence-electron chi connectivity index (χ4n) is 1.87. The maximum Gasteiger partial charge on any atom is 0.125 e. The van der Waals surface area contributed by atoms with E-state index in [4.69, 9.17) is 15.2 Å². The van der Waals surface area contributed by atoms with Crippen LogP contribution in [0.4, 0.5) is 0 Å². The average molecular weight is 237 g/mol. The highest BCUT2D eigenvalue weighted by Crippen LogP contribution is 2.24. The first kappa shape index (κ1) is 14.0. The third-order valence-corrected chi connectivity index (χ3v) is 2.64. The van der Waals surface area contributed by atoms with Crippen molar-refractivity contribution in [2.24, 2.45) is 5.73 Å². The van der Waals surface area contributed by atoms with Crippen molar-refractivity contribution in [2.75, 3.05) is 19.8 Å². The molecule has 0 saturated carbocycles. The lowest BCUT2D eigenvalue weighted by molar-refractivity contribution is 0.130. The minimum Gasteiger partial charge on any atom is -0.493 e. The van der Waals surface area contributed by atoms with Gasteiger partial charge in [-0.15, -0.1) is 0 Å². The predicted octanol–water partition coefficient (Wildman–Crippen LogP) is 2.57. The minimum atomic E-state index is 0.576. The normalized spacial score (nSPS) is 10.6. The third kappa shape index (κ3) is 4.36. The Balaban J connectivity index is 2.53. The van der Waals surface area contributed by atoms with Crippen molar-refractivity contribution in [2.45, 2.75) is 33.7 Å². The highest BCUT2D eigenvalue weighted by atomic mass is 16.5. The van der Waals surface area contributed by atoms with Gasteiger partial charge in [-0.05, 0) is 37.5 Å². The summed E-state index contributed by atoms with van der Waals surface area (Å²) in [4.78, 5) is 0. The lowest BCUT2D eigenvalue weighted by Crippen LogP contribution is -2.06. The Kier molecular flexibility index (Phi) is 6.01. The van der Waals surface area contributed by atoms with Gasteiger partial charge in [0, 0.05) is 26.2 Å². The minimum absolute atomic E-state index is 0.576. The molecule has 0 radical (unpaired) electrons. The predicted molar refractivity (Wildman–Crippen MR) is 70.4 cm³/mol. The molecule has 0 aliphatic heterocycles. The Morgan fingerprint density at radius 2 is 1.76 bits per heavy atom. The number of hydrogen-bond acceptors (Lipinski definition) is 3. The molecular formula is C14H23NO2. The van der Waals surface area contributed by atoms with Gasteiger partial charge in [-0.2, -0.15) is 0 Å². The first-order chi connectivity index (χ1) is 8.19. The highest BCUT2D eigenvalue weighted by Gasteiger charge is 2.05. The smallest absolute Gasteiger partial charge is 0.125 e. The van der Waals surface area contributed by atoms with Crippen LogP contribution >= 0.6 is 0 Å². The Morgan fingerprint density at radius 3 is 2.29 bits per heavy atom. The molecule has 0 spiro atoms. The van der Waals surface area contributed by atoms with Gasteiger partial charge in [-0.25, -0.2) is 0 Å². The number of ether oxygens (including phenoxy) is 2. The number of benzene rings is 1. The van der Waals surface area contributed by atoms with E-state index in [1.54, 1.807) is 0 Å². The SMILES string of the molecule is CCOCCCOc1c(C)cc(CN)cc1C. The van der Waals surface area contributed by atoms with Crippen molar-refractivity contribution >= 4 is 0 Å². The largest absolute Gasteiger partial charge is 0.493 e. The summed E-state index contributed by atoms with van der Waals surface area (Å²) < 4.78 is 11.1. The van der Waals surface area contributed by atoms with Crippen LogP contribution in [0.5, 0.6) is 5.75 Å². The first-order valence-electron chi connectivity index (χ1n) is 6.19. The number of nitrogens with two attached hydrogens (primary N) is 1. The Bertz CT molecular complexity index is 327. The van der Waals surface area contributed by atoms with E-state index < -0.39 is 0 Å². The highest BCUT2D eigenvalue weighted by molar-refractivity contribution is 5.43. The summed E-state index contributed by atoms with van der Waals surface area (Å²) in [5, 5.41) is 0. The zero-order valence-electron chi connectivity index (χ0n) is 11.1. The van der Waals surface area contributed by atoms with E-state index in [-0.39, 0.29) is 0 Å². The van der Waals surface area contributed by atoms with Gasteiger partial charge in [-0.1, -0.05) is 12.1 Å². The second-order valence-corrected chi connectivity index (χ2v) is 4.16.